The van der Waals surface area contributed by atoms with Gasteiger partial charge < -0.3 is 10.1 Å². The second kappa shape index (κ2) is 2.86. The Hall–Kier alpha value is -1.77. The number of carboxylic acid groups (broad SMARTS) is 1. The number of aromatic nitrogens is 1. The molecule has 0 spiro atoms. The van der Waals surface area contributed by atoms with Gasteiger partial charge in [0.2, 0.25) is 0 Å². The van der Waals surface area contributed by atoms with Crippen LogP contribution in [0, 0.1) is 0 Å². The molecule has 0 radical (unpaired) electrons. The molecule has 76 valence electrons. The predicted octanol–water partition coefficient (Wildman–Crippen LogP) is 1.89. The van der Waals surface area contributed by atoms with Crippen LogP contribution in [-0.4, -0.2) is 16.1 Å². The molecule has 1 aliphatic rings. The second-order valence-corrected chi connectivity index (χ2v) is 4.05. The number of hydrogen-bond acceptors (Lipinski definition) is 1. The number of H-pyrrole nitrogens is 1. The number of rotatable bonds is 2. The van der Waals surface area contributed by atoms with E-state index in [1.54, 1.807) is 6.20 Å². The van der Waals surface area contributed by atoms with Crippen molar-refractivity contribution in [2.75, 3.05) is 0 Å². The largest absolute Gasteiger partial charge is 0.481 e. The summed E-state index contributed by atoms with van der Waals surface area (Å²) in [5, 5.41) is 9.83. The van der Waals surface area contributed by atoms with Gasteiger partial charge in [-0.3, -0.25) is 4.79 Å². The van der Waals surface area contributed by atoms with E-state index in [1.807, 2.05) is 0 Å². The minimum absolute atomic E-state index is 0.0960. The molecule has 0 bridgehead atoms. The number of aliphatic carboxylic acids is 1. The molecule has 0 amide bonds. The standard InChI is InChI=1S/C12H11NO2/c14-12(15)5-9-6-13-11-4-8-2-1-7(8)3-10(9)11/h3-4,6,13H,1-2,5H2,(H,14,15). The first-order chi connectivity index (χ1) is 7.24. The molecule has 1 aromatic carbocycles. The lowest BCUT2D eigenvalue weighted by atomic mass is 9.87. The van der Waals surface area contributed by atoms with Gasteiger partial charge in [-0.15, -0.1) is 0 Å². The van der Waals surface area contributed by atoms with Crippen LogP contribution in [0.3, 0.4) is 0 Å². The van der Waals surface area contributed by atoms with Crippen LogP contribution in [-0.2, 0) is 24.1 Å². The SMILES string of the molecule is O=C(O)Cc1c[nH]c2cc3c(cc12)CC3. The Morgan fingerprint density at radius 3 is 2.73 bits per heavy atom. The zero-order chi connectivity index (χ0) is 10.4. The van der Waals surface area contributed by atoms with Crippen LogP contribution in [0.25, 0.3) is 10.9 Å². The molecule has 2 aromatic rings. The average molecular weight is 201 g/mol. The lowest BCUT2D eigenvalue weighted by molar-refractivity contribution is -0.136. The summed E-state index contributed by atoms with van der Waals surface area (Å²) in [5.41, 5.74) is 4.71. The molecular formula is C12H11NO2. The summed E-state index contributed by atoms with van der Waals surface area (Å²) in [6.45, 7) is 0. The maximum absolute atomic E-state index is 10.7. The molecule has 3 rings (SSSR count). The van der Waals surface area contributed by atoms with Gasteiger partial charge >= 0.3 is 5.97 Å². The summed E-state index contributed by atoms with van der Waals surface area (Å²) in [5.74, 6) is -0.779. The van der Waals surface area contributed by atoms with Crippen LogP contribution in [0.4, 0.5) is 0 Å². The number of carbonyl (C=O) groups is 1. The quantitative estimate of drug-likeness (QED) is 0.779. The molecule has 1 aliphatic carbocycles. The van der Waals surface area contributed by atoms with Gasteiger partial charge in [-0.05, 0) is 41.7 Å². The second-order valence-electron chi connectivity index (χ2n) is 4.05. The maximum atomic E-state index is 10.7. The fraction of sp³-hybridized carbons (Fsp3) is 0.250. The molecule has 15 heavy (non-hydrogen) atoms. The van der Waals surface area contributed by atoms with Crippen molar-refractivity contribution in [2.45, 2.75) is 19.3 Å². The average Bonchev–Trinajstić information content (AvgIpc) is 2.51. The van der Waals surface area contributed by atoms with E-state index in [2.05, 4.69) is 17.1 Å². The first-order valence-electron chi connectivity index (χ1n) is 5.07. The highest BCUT2D eigenvalue weighted by Gasteiger charge is 2.16. The number of hydrogen-bond donors (Lipinski definition) is 2. The van der Waals surface area contributed by atoms with Crippen molar-refractivity contribution < 1.29 is 9.90 Å². The Bertz CT molecular complexity index is 554. The molecule has 1 aromatic heterocycles. The van der Waals surface area contributed by atoms with E-state index in [1.165, 1.54) is 11.1 Å². The molecule has 3 heteroatoms. The van der Waals surface area contributed by atoms with Crippen LogP contribution < -0.4 is 0 Å². The lowest BCUT2D eigenvalue weighted by Crippen LogP contribution is -2.07. The topological polar surface area (TPSA) is 53.1 Å². The number of nitrogens with one attached hydrogen (secondary N) is 1. The number of aryl methyl sites for hydroxylation is 2. The molecule has 3 nitrogen and oxygen atoms in total. The highest BCUT2D eigenvalue weighted by Crippen LogP contribution is 2.29. The third kappa shape index (κ3) is 1.23. The number of benzene rings is 1. The summed E-state index contributed by atoms with van der Waals surface area (Å²) >= 11 is 0. The Morgan fingerprint density at radius 2 is 2.07 bits per heavy atom. The fourth-order valence-corrected chi connectivity index (χ4v) is 2.18. The predicted molar refractivity (Wildman–Crippen MR) is 57.0 cm³/mol. The third-order valence-electron chi connectivity index (χ3n) is 3.09. The van der Waals surface area contributed by atoms with E-state index in [-0.39, 0.29) is 6.42 Å². The Kier molecular flexibility index (Phi) is 1.63. The minimum atomic E-state index is -0.779. The molecule has 0 aliphatic heterocycles. The van der Waals surface area contributed by atoms with E-state index in [9.17, 15) is 4.79 Å². The Morgan fingerprint density at radius 1 is 1.33 bits per heavy atom. The maximum Gasteiger partial charge on any atom is 0.307 e. The monoisotopic (exact) mass is 201 g/mol. The zero-order valence-electron chi connectivity index (χ0n) is 8.21. The van der Waals surface area contributed by atoms with Gasteiger partial charge in [0.25, 0.3) is 0 Å². The van der Waals surface area contributed by atoms with Crippen molar-refractivity contribution in [2.24, 2.45) is 0 Å². The lowest BCUT2D eigenvalue weighted by Gasteiger charge is -2.18. The van der Waals surface area contributed by atoms with E-state index in [0.717, 1.165) is 29.3 Å². The van der Waals surface area contributed by atoms with Crippen LogP contribution in [0.2, 0.25) is 0 Å². The van der Waals surface area contributed by atoms with Gasteiger partial charge in [0.15, 0.2) is 0 Å². The summed E-state index contributed by atoms with van der Waals surface area (Å²) < 4.78 is 0. The Balaban J connectivity index is 2.16. The highest BCUT2D eigenvalue weighted by molar-refractivity contribution is 5.88. The van der Waals surface area contributed by atoms with E-state index in [4.69, 9.17) is 5.11 Å². The van der Waals surface area contributed by atoms with Crippen molar-refractivity contribution in [3.63, 3.8) is 0 Å². The van der Waals surface area contributed by atoms with Crippen LogP contribution in [0.1, 0.15) is 16.7 Å². The van der Waals surface area contributed by atoms with Crippen molar-refractivity contribution in [3.8, 4) is 0 Å². The smallest absolute Gasteiger partial charge is 0.307 e. The van der Waals surface area contributed by atoms with E-state index in [0.29, 0.717) is 0 Å². The molecule has 0 unspecified atom stereocenters. The minimum Gasteiger partial charge on any atom is -0.481 e. The molecular weight excluding hydrogens is 190 g/mol. The number of aromatic amines is 1. The summed E-state index contributed by atoms with van der Waals surface area (Å²) in [6.07, 6.45) is 4.18. The normalized spacial score (nSPS) is 13.6. The first kappa shape index (κ1) is 8.53. The summed E-state index contributed by atoms with van der Waals surface area (Å²) in [4.78, 5) is 13.8. The summed E-state index contributed by atoms with van der Waals surface area (Å²) in [7, 11) is 0. The Labute approximate surface area is 86.7 Å². The van der Waals surface area contributed by atoms with Crippen molar-refractivity contribution in [1.29, 1.82) is 0 Å². The third-order valence-corrected chi connectivity index (χ3v) is 3.09. The van der Waals surface area contributed by atoms with Gasteiger partial charge in [0.05, 0.1) is 6.42 Å². The zero-order valence-corrected chi connectivity index (χ0v) is 8.21. The van der Waals surface area contributed by atoms with Crippen LogP contribution in [0.5, 0.6) is 0 Å². The van der Waals surface area contributed by atoms with E-state index >= 15 is 0 Å². The van der Waals surface area contributed by atoms with Gasteiger partial charge in [0, 0.05) is 17.1 Å². The number of fused-ring (bicyclic) bond motifs is 2. The number of carboxylic acids is 1. The van der Waals surface area contributed by atoms with Gasteiger partial charge in [0.1, 0.15) is 0 Å². The fourth-order valence-electron chi connectivity index (χ4n) is 2.18. The van der Waals surface area contributed by atoms with Gasteiger partial charge in [-0.25, -0.2) is 0 Å². The summed E-state index contributed by atoms with van der Waals surface area (Å²) in [6, 6.07) is 4.27. The molecule has 0 saturated heterocycles. The molecule has 0 fully saturated rings. The first-order valence-corrected chi connectivity index (χ1v) is 5.07. The van der Waals surface area contributed by atoms with Crippen molar-refractivity contribution >= 4 is 16.9 Å². The van der Waals surface area contributed by atoms with Gasteiger partial charge in [-0.1, -0.05) is 0 Å². The van der Waals surface area contributed by atoms with Gasteiger partial charge in [-0.2, -0.15) is 0 Å². The molecule has 2 N–H and O–H groups in total. The van der Waals surface area contributed by atoms with Crippen LogP contribution in [0.15, 0.2) is 18.3 Å². The molecule has 1 heterocycles. The molecule has 0 atom stereocenters. The molecule has 0 saturated carbocycles. The van der Waals surface area contributed by atoms with E-state index < -0.39 is 5.97 Å². The highest BCUT2D eigenvalue weighted by atomic mass is 16.4. The van der Waals surface area contributed by atoms with Crippen molar-refractivity contribution in [3.05, 3.63) is 35.0 Å². The van der Waals surface area contributed by atoms with Crippen molar-refractivity contribution in [1.82, 2.24) is 4.98 Å². The van der Waals surface area contributed by atoms with Crippen LogP contribution >= 0.6 is 0 Å².